The number of fused-ring (bicyclic) bond motifs is 2. The van der Waals surface area contributed by atoms with E-state index in [2.05, 4.69) is 4.98 Å². The third kappa shape index (κ3) is 5.82. The first kappa shape index (κ1) is 30.6. The fourth-order valence-electron chi connectivity index (χ4n) is 5.47. The summed E-state index contributed by atoms with van der Waals surface area (Å²) in [5.41, 5.74) is 6.25. The molecule has 1 aliphatic rings. The second-order valence-electron chi connectivity index (χ2n) is 11.1. The van der Waals surface area contributed by atoms with Crippen LogP contribution < -0.4 is 4.74 Å². The number of carbonyl (C=O) groups is 1. The number of ether oxygens (including phenoxy) is 3. The van der Waals surface area contributed by atoms with Crippen LogP contribution in [0, 0.1) is 19.7 Å². The van der Waals surface area contributed by atoms with Crippen LogP contribution in [0.5, 0.6) is 5.75 Å². The van der Waals surface area contributed by atoms with Crippen molar-refractivity contribution in [2.45, 2.75) is 59.2 Å². The van der Waals surface area contributed by atoms with E-state index in [0.29, 0.717) is 46.8 Å². The lowest BCUT2D eigenvalue weighted by atomic mass is 9.86. The zero-order valence-electron chi connectivity index (χ0n) is 24.8. The van der Waals surface area contributed by atoms with Crippen LogP contribution in [-0.2, 0) is 37.3 Å². The Morgan fingerprint density at radius 3 is 2.45 bits per heavy atom. The minimum Gasteiger partial charge on any atom is -0.490 e. The first-order valence-corrected chi connectivity index (χ1v) is 13.5. The standard InChI is InChI=1S/C31H34FN3O4.CO2/c1-17-20-9-8-14-38-27(20)23(32)15-21(17)26-22-16-24(19-10-12-33-13-11-19)35(6)29(22)34-18(2)25(26)28(30(36)37-7)39-31(3,4)5;2-1-3/h10-13,15-16,28H,8-9,14H2,1-7H3;/t28-;/m0./s1. The van der Waals surface area contributed by atoms with Gasteiger partial charge in [-0.25, -0.2) is 14.2 Å². The summed E-state index contributed by atoms with van der Waals surface area (Å²) >= 11 is 0. The molecule has 5 rings (SSSR count). The number of aryl methyl sites for hydroxylation is 2. The van der Waals surface area contributed by atoms with Gasteiger partial charge in [0.15, 0.2) is 17.7 Å². The molecule has 1 aliphatic heterocycles. The Labute approximate surface area is 243 Å². The van der Waals surface area contributed by atoms with E-state index in [1.165, 1.54) is 13.2 Å². The number of pyridine rings is 2. The molecule has 4 heterocycles. The molecule has 3 aromatic heterocycles. The monoisotopic (exact) mass is 575 g/mol. The number of hydrogen-bond donors (Lipinski definition) is 0. The Hall–Kier alpha value is -4.40. The molecule has 1 atom stereocenters. The Bertz CT molecular complexity index is 1670. The molecule has 0 spiro atoms. The molecule has 0 amide bonds. The lowest BCUT2D eigenvalue weighted by molar-refractivity contribution is -0.191. The van der Waals surface area contributed by atoms with Crippen LogP contribution in [0.25, 0.3) is 33.4 Å². The summed E-state index contributed by atoms with van der Waals surface area (Å²) < 4.78 is 34.9. The smallest absolute Gasteiger partial charge is 0.373 e. The number of esters is 1. The highest BCUT2D eigenvalue weighted by Crippen LogP contribution is 2.45. The number of carbonyl (C=O) groups excluding carboxylic acids is 3. The molecule has 0 unspecified atom stereocenters. The highest BCUT2D eigenvalue weighted by molar-refractivity contribution is 6.01. The number of nitrogens with zero attached hydrogens (tertiary/aromatic N) is 3. The van der Waals surface area contributed by atoms with Crippen LogP contribution in [0.1, 0.15) is 55.7 Å². The summed E-state index contributed by atoms with van der Waals surface area (Å²) in [5.74, 6) is -0.650. The van der Waals surface area contributed by atoms with Crippen LogP contribution in [0.2, 0.25) is 0 Å². The maximum absolute atomic E-state index is 15.6. The number of benzene rings is 1. The lowest BCUT2D eigenvalue weighted by Crippen LogP contribution is -2.29. The number of halogens is 1. The molecular weight excluding hydrogens is 541 g/mol. The molecule has 1 aromatic carbocycles. The third-order valence-corrected chi connectivity index (χ3v) is 7.23. The summed E-state index contributed by atoms with van der Waals surface area (Å²) in [4.78, 5) is 38.6. The fourth-order valence-corrected chi connectivity index (χ4v) is 5.47. The number of aromatic nitrogens is 3. The van der Waals surface area contributed by atoms with Gasteiger partial charge in [0.1, 0.15) is 5.65 Å². The molecule has 220 valence electrons. The fraction of sp³-hybridized carbons (Fsp3) is 0.375. The van der Waals surface area contributed by atoms with Gasteiger partial charge in [0.05, 0.1) is 25.0 Å². The molecular formula is C32H34FN3O6. The second-order valence-corrected chi connectivity index (χ2v) is 11.1. The van der Waals surface area contributed by atoms with Gasteiger partial charge in [-0.2, -0.15) is 9.59 Å². The molecule has 10 heteroatoms. The zero-order valence-corrected chi connectivity index (χ0v) is 24.8. The van der Waals surface area contributed by atoms with Crippen molar-refractivity contribution in [1.29, 1.82) is 0 Å². The summed E-state index contributed by atoms with van der Waals surface area (Å²) in [5, 5.41) is 0.788. The first-order chi connectivity index (χ1) is 19.9. The van der Waals surface area contributed by atoms with E-state index >= 15 is 4.39 Å². The summed E-state index contributed by atoms with van der Waals surface area (Å²) in [6.45, 7) is 9.98. The highest BCUT2D eigenvalue weighted by Gasteiger charge is 2.35. The predicted molar refractivity (Wildman–Crippen MR) is 153 cm³/mol. The predicted octanol–water partition coefficient (Wildman–Crippen LogP) is 5.83. The van der Waals surface area contributed by atoms with Crippen molar-refractivity contribution in [2.24, 2.45) is 7.05 Å². The molecule has 0 fully saturated rings. The van der Waals surface area contributed by atoms with Gasteiger partial charge >= 0.3 is 12.1 Å². The van der Waals surface area contributed by atoms with E-state index in [-0.39, 0.29) is 6.15 Å². The molecule has 0 bridgehead atoms. The highest BCUT2D eigenvalue weighted by atomic mass is 19.1. The van der Waals surface area contributed by atoms with Crippen molar-refractivity contribution in [2.75, 3.05) is 13.7 Å². The summed E-state index contributed by atoms with van der Waals surface area (Å²) in [6.07, 6.45) is 4.19. The second kappa shape index (κ2) is 12.2. The van der Waals surface area contributed by atoms with E-state index in [0.717, 1.165) is 34.2 Å². The van der Waals surface area contributed by atoms with Crippen LogP contribution in [0.3, 0.4) is 0 Å². The van der Waals surface area contributed by atoms with Gasteiger partial charge in [0.25, 0.3) is 0 Å². The van der Waals surface area contributed by atoms with Gasteiger partial charge in [0, 0.05) is 52.8 Å². The Morgan fingerprint density at radius 1 is 1.17 bits per heavy atom. The SMILES string of the molecule is COC(=O)[C@@H](OC(C)(C)C)c1c(C)nc2c(cc(-c3ccncc3)n2C)c1-c1cc(F)c2c(c1C)CCCO2.O=C=O. The summed E-state index contributed by atoms with van der Waals surface area (Å²) in [7, 11) is 3.29. The molecule has 0 saturated carbocycles. The molecule has 42 heavy (non-hydrogen) atoms. The quantitative estimate of drug-likeness (QED) is 0.274. The molecule has 0 N–H and O–H groups in total. The van der Waals surface area contributed by atoms with Crippen molar-refractivity contribution >= 4 is 23.2 Å². The third-order valence-electron chi connectivity index (χ3n) is 7.23. The topological polar surface area (TPSA) is 110 Å². The van der Waals surface area contributed by atoms with Gasteiger partial charge in [-0.15, -0.1) is 0 Å². The van der Waals surface area contributed by atoms with E-state index in [1.54, 1.807) is 12.4 Å². The average molecular weight is 576 g/mol. The summed E-state index contributed by atoms with van der Waals surface area (Å²) in [6, 6.07) is 7.42. The van der Waals surface area contributed by atoms with E-state index < -0.39 is 23.5 Å². The van der Waals surface area contributed by atoms with Gasteiger partial charge in [-0.3, -0.25) is 4.98 Å². The van der Waals surface area contributed by atoms with Crippen molar-refractivity contribution in [3.05, 3.63) is 64.9 Å². The Morgan fingerprint density at radius 2 is 1.83 bits per heavy atom. The minimum atomic E-state index is -1.07. The molecule has 0 saturated heterocycles. The van der Waals surface area contributed by atoms with Gasteiger partial charge < -0.3 is 18.8 Å². The average Bonchev–Trinajstić information content (AvgIpc) is 3.29. The maximum atomic E-state index is 15.6. The van der Waals surface area contributed by atoms with E-state index in [9.17, 15) is 4.79 Å². The maximum Gasteiger partial charge on any atom is 0.373 e. The normalized spacial score (nSPS) is 13.3. The number of hydrogen-bond acceptors (Lipinski definition) is 8. The van der Waals surface area contributed by atoms with Crippen molar-refractivity contribution in [3.8, 4) is 28.1 Å². The van der Waals surface area contributed by atoms with Crippen molar-refractivity contribution < 1.29 is 33.0 Å². The number of methoxy groups -OCH3 is 1. The van der Waals surface area contributed by atoms with Gasteiger partial charge in [-0.05, 0) is 82.9 Å². The van der Waals surface area contributed by atoms with Gasteiger partial charge in [0.2, 0.25) is 0 Å². The largest absolute Gasteiger partial charge is 0.490 e. The van der Waals surface area contributed by atoms with Crippen LogP contribution in [0.4, 0.5) is 4.39 Å². The molecule has 9 nitrogen and oxygen atoms in total. The zero-order chi connectivity index (χ0) is 30.8. The lowest BCUT2D eigenvalue weighted by Gasteiger charge is -2.29. The Kier molecular flexibility index (Phi) is 8.89. The van der Waals surface area contributed by atoms with Crippen LogP contribution in [0.15, 0.2) is 36.7 Å². The minimum absolute atomic E-state index is 0.250. The van der Waals surface area contributed by atoms with E-state index in [1.807, 2.05) is 64.4 Å². The Balaban J connectivity index is 0.00000129. The van der Waals surface area contributed by atoms with Crippen molar-refractivity contribution in [3.63, 3.8) is 0 Å². The molecule has 0 radical (unpaired) electrons. The van der Waals surface area contributed by atoms with Crippen LogP contribution in [-0.4, -0.2) is 46.0 Å². The van der Waals surface area contributed by atoms with E-state index in [4.69, 9.17) is 28.8 Å². The first-order valence-electron chi connectivity index (χ1n) is 13.5. The van der Waals surface area contributed by atoms with Crippen molar-refractivity contribution in [1.82, 2.24) is 14.5 Å². The van der Waals surface area contributed by atoms with Crippen LogP contribution >= 0.6 is 0 Å². The van der Waals surface area contributed by atoms with Gasteiger partial charge in [-0.1, -0.05) is 0 Å². The molecule has 0 aliphatic carbocycles. The number of rotatable bonds is 5. The molecule has 4 aromatic rings.